The zero-order valence-electron chi connectivity index (χ0n) is 14.4. The molecule has 0 saturated carbocycles. The van der Waals surface area contributed by atoms with E-state index in [0.29, 0.717) is 12.5 Å². The van der Waals surface area contributed by atoms with Gasteiger partial charge < -0.3 is 15.4 Å². The number of hydrogen-bond donors (Lipinski definition) is 2. The van der Waals surface area contributed by atoms with E-state index in [9.17, 15) is 13.2 Å². The number of rotatable bonds is 5. The molecule has 0 atom stereocenters. The lowest BCUT2D eigenvalue weighted by Crippen LogP contribution is -2.36. The summed E-state index contributed by atoms with van der Waals surface area (Å²) in [6.07, 6.45) is -4.45. The molecule has 0 unspecified atom stereocenters. The van der Waals surface area contributed by atoms with Crippen LogP contribution in [0.25, 0.3) is 0 Å². The smallest absolute Gasteiger partial charge is 0.416 e. The molecular formula is C18H21F3IN3O. The van der Waals surface area contributed by atoms with Gasteiger partial charge in [0.05, 0.1) is 12.7 Å². The van der Waals surface area contributed by atoms with Crippen molar-refractivity contribution in [3.05, 3.63) is 65.2 Å². The van der Waals surface area contributed by atoms with Crippen molar-refractivity contribution in [1.82, 2.24) is 10.6 Å². The highest BCUT2D eigenvalue weighted by Gasteiger charge is 2.33. The van der Waals surface area contributed by atoms with E-state index in [1.807, 2.05) is 30.3 Å². The molecule has 0 bridgehead atoms. The van der Waals surface area contributed by atoms with E-state index < -0.39 is 11.7 Å². The molecule has 142 valence electrons. The normalized spacial score (nSPS) is 11.5. The number of ether oxygens (including phenoxy) is 1. The lowest BCUT2D eigenvalue weighted by atomic mass is 10.1. The summed E-state index contributed by atoms with van der Waals surface area (Å²) in [6.45, 7) is 0.516. The number of hydrogen-bond acceptors (Lipinski definition) is 2. The standard InChI is InChI=1S/C18H20F3N3O.HI/c1-22-17(23-11-13-6-4-3-5-7-13)24-12-14-8-9-15(25-2)10-16(14)18(19,20)21;/h3-10H,11-12H2,1-2H3,(H2,22,23,24);1H. The van der Waals surface area contributed by atoms with Crippen LogP contribution in [0.5, 0.6) is 5.75 Å². The number of alkyl halides is 3. The van der Waals surface area contributed by atoms with Gasteiger partial charge in [-0.1, -0.05) is 36.4 Å². The molecule has 0 aromatic heterocycles. The molecule has 2 aromatic rings. The van der Waals surface area contributed by atoms with E-state index >= 15 is 0 Å². The Kier molecular flexibility index (Phi) is 8.70. The lowest BCUT2D eigenvalue weighted by molar-refractivity contribution is -0.138. The van der Waals surface area contributed by atoms with Crippen molar-refractivity contribution in [2.24, 2.45) is 4.99 Å². The van der Waals surface area contributed by atoms with Gasteiger partial charge in [-0.15, -0.1) is 24.0 Å². The van der Waals surface area contributed by atoms with Gasteiger partial charge in [0.1, 0.15) is 5.75 Å². The third kappa shape index (κ3) is 6.40. The van der Waals surface area contributed by atoms with E-state index in [1.165, 1.54) is 19.2 Å². The van der Waals surface area contributed by atoms with E-state index in [0.717, 1.165) is 11.6 Å². The summed E-state index contributed by atoms with van der Waals surface area (Å²) in [5.74, 6) is 0.593. The van der Waals surface area contributed by atoms with Gasteiger partial charge in [0, 0.05) is 20.1 Å². The first-order chi connectivity index (χ1) is 11.9. The third-order valence-electron chi connectivity index (χ3n) is 3.60. The topological polar surface area (TPSA) is 45.7 Å². The van der Waals surface area contributed by atoms with Crippen LogP contribution in [0.1, 0.15) is 16.7 Å². The van der Waals surface area contributed by atoms with Gasteiger partial charge >= 0.3 is 6.18 Å². The van der Waals surface area contributed by atoms with Crippen molar-refractivity contribution >= 4 is 29.9 Å². The van der Waals surface area contributed by atoms with Gasteiger partial charge in [0.2, 0.25) is 0 Å². The second-order valence-corrected chi connectivity index (χ2v) is 5.29. The van der Waals surface area contributed by atoms with Crippen LogP contribution in [-0.4, -0.2) is 20.1 Å². The molecule has 2 aromatic carbocycles. The van der Waals surface area contributed by atoms with Gasteiger partial charge in [-0.3, -0.25) is 4.99 Å². The van der Waals surface area contributed by atoms with Gasteiger partial charge in [-0.2, -0.15) is 13.2 Å². The molecular weight excluding hydrogens is 458 g/mol. The number of methoxy groups -OCH3 is 1. The summed E-state index contributed by atoms with van der Waals surface area (Å²) in [5, 5.41) is 5.97. The van der Waals surface area contributed by atoms with Gasteiger partial charge in [-0.05, 0) is 23.3 Å². The van der Waals surface area contributed by atoms with Crippen LogP contribution in [0, 0.1) is 0 Å². The minimum atomic E-state index is -4.45. The fourth-order valence-electron chi connectivity index (χ4n) is 2.28. The lowest BCUT2D eigenvalue weighted by Gasteiger charge is -2.16. The van der Waals surface area contributed by atoms with Gasteiger partial charge in [0.15, 0.2) is 5.96 Å². The molecule has 0 aliphatic rings. The molecule has 0 saturated heterocycles. The zero-order valence-corrected chi connectivity index (χ0v) is 16.8. The SMILES string of the molecule is CN=C(NCc1ccccc1)NCc1ccc(OC)cc1C(F)(F)F.I. The maximum Gasteiger partial charge on any atom is 0.416 e. The summed E-state index contributed by atoms with van der Waals surface area (Å²) in [4.78, 5) is 4.03. The molecule has 26 heavy (non-hydrogen) atoms. The highest BCUT2D eigenvalue weighted by Crippen LogP contribution is 2.34. The van der Waals surface area contributed by atoms with Crippen molar-refractivity contribution in [2.75, 3.05) is 14.2 Å². The molecule has 0 aliphatic carbocycles. The average Bonchev–Trinajstić information content (AvgIpc) is 2.62. The largest absolute Gasteiger partial charge is 0.497 e. The Morgan fingerprint density at radius 3 is 2.27 bits per heavy atom. The zero-order chi connectivity index (χ0) is 18.3. The summed E-state index contributed by atoms with van der Waals surface area (Å²) in [5.41, 5.74) is 0.444. The molecule has 2 N–H and O–H groups in total. The molecule has 4 nitrogen and oxygen atoms in total. The van der Waals surface area contributed by atoms with Crippen LogP contribution in [0.15, 0.2) is 53.5 Å². The average molecular weight is 479 g/mol. The van der Waals surface area contributed by atoms with Crippen molar-refractivity contribution in [2.45, 2.75) is 19.3 Å². The number of aliphatic imine (C=N–C) groups is 1. The molecule has 0 fully saturated rings. The molecule has 0 heterocycles. The third-order valence-corrected chi connectivity index (χ3v) is 3.60. The minimum Gasteiger partial charge on any atom is -0.497 e. The van der Waals surface area contributed by atoms with Crippen molar-refractivity contribution in [3.63, 3.8) is 0 Å². The van der Waals surface area contributed by atoms with E-state index in [2.05, 4.69) is 15.6 Å². The maximum absolute atomic E-state index is 13.2. The first kappa shape index (κ1) is 22.1. The number of guanidine groups is 1. The van der Waals surface area contributed by atoms with Crippen LogP contribution >= 0.6 is 24.0 Å². The summed E-state index contributed by atoms with van der Waals surface area (Å²) < 4.78 is 44.5. The van der Waals surface area contributed by atoms with Crippen molar-refractivity contribution in [3.8, 4) is 5.75 Å². The first-order valence-corrected chi connectivity index (χ1v) is 7.66. The molecule has 0 amide bonds. The van der Waals surface area contributed by atoms with Crippen molar-refractivity contribution < 1.29 is 17.9 Å². The molecule has 0 spiro atoms. The Morgan fingerprint density at radius 2 is 1.69 bits per heavy atom. The Morgan fingerprint density at radius 1 is 1.04 bits per heavy atom. The molecule has 0 aliphatic heterocycles. The first-order valence-electron chi connectivity index (χ1n) is 7.66. The quantitative estimate of drug-likeness (QED) is 0.384. The maximum atomic E-state index is 13.2. The molecule has 2 rings (SSSR count). The number of nitrogens with one attached hydrogen (secondary N) is 2. The summed E-state index contributed by atoms with van der Waals surface area (Å²) in [7, 11) is 2.90. The van der Waals surface area contributed by atoms with Crippen LogP contribution in [0.4, 0.5) is 13.2 Å². The number of nitrogens with zero attached hydrogens (tertiary/aromatic N) is 1. The van der Waals surface area contributed by atoms with Gasteiger partial charge in [0.25, 0.3) is 0 Å². The van der Waals surface area contributed by atoms with Crippen LogP contribution in [-0.2, 0) is 19.3 Å². The minimum absolute atomic E-state index is 0. The predicted molar refractivity (Wildman–Crippen MR) is 107 cm³/mol. The fraction of sp³-hybridized carbons (Fsp3) is 0.278. The number of halogens is 4. The monoisotopic (exact) mass is 479 g/mol. The van der Waals surface area contributed by atoms with Crippen LogP contribution in [0.3, 0.4) is 0 Å². The molecule has 8 heteroatoms. The van der Waals surface area contributed by atoms with E-state index in [1.54, 1.807) is 7.05 Å². The highest BCUT2D eigenvalue weighted by molar-refractivity contribution is 14.0. The fourth-order valence-corrected chi connectivity index (χ4v) is 2.28. The van der Waals surface area contributed by atoms with Crippen LogP contribution < -0.4 is 15.4 Å². The highest BCUT2D eigenvalue weighted by atomic mass is 127. The Bertz CT molecular complexity index is 721. The Hall–Kier alpha value is -1.97. The van der Waals surface area contributed by atoms with Gasteiger partial charge in [-0.25, -0.2) is 0 Å². The van der Waals surface area contributed by atoms with E-state index in [-0.39, 0.29) is 41.8 Å². The molecule has 0 radical (unpaired) electrons. The predicted octanol–water partition coefficient (Wildman–Crippen LogP) is 4.20. The van der Waals surface area contributed by atoms with Crippen LogP contribution in [0.2, 0.25) is 0 Å². The second-order valence-electron chi connectivity index (χ2n) is 5.29. The summed E-state index contributed by atoms with van der Waals surface area (Å²) >= 11 is 0. The Balaban J connectivity index is 0.00000338. The summed E-state index contributed by atoms with van der Waals surface area (Å²) in [6, 6.07) is 13.6. The van der Waals surface area contributed by atoms with Crippen molar-refractivity contribution in [1.29, 1.82) is 0 Å². The van der Waals surface area contributed by atoms with E-state index in [4.69, 9.17) is 4.74 Å². The second kappa shape index (κ2) is 10.2. The Labute approximate surface area is 167 Å². The number of benzene rings is 2.